The number of hydrogen-bond acceptors (Lipinski definition) is 5. The molecule has 1 aromatic heterocycles. The lowest BCUT2D eigenvalue weighted by molar-refractivity contribution is -0.121. The van der Waals surface area contributed by atoms with E-state index < -0.39 is 0 Å². The molecule has 0 aliphatic carbocycles. The van der Waals surface area contributed by atoms with Gasteiger partial charge in [-0.2, -0.15) is 0 Å². The Bertz CT molecular complexity index is 925. The quantitative estimate of drug-likeness (QED) is 0.572. The number of anilines is 1. The molecule has 0 spiro atoms. The fraction of sp³-hybridized carbons (Fsp3) is 0.250. The number of fused-ring (bicyclic) bond motifs is 1. The number of hydrogen-bond donors (Lipinski definition) is 2. The highest BCUT2D eigenvalue weighted by Crippen LogP contribution is 2.27. The second kappa shape index (κ2) is 9.43. The van der Waals surface area contributed by atoms with Crippen LogP contribution in [0.25, 0.3) is 10.2 Å². The van der Waals surface area contributed by atoms with Crippen LogP contribution in [-0.4, -0.2) is 22.6 Å². The van der Waals surface area contributed by atoms with E-state index in [0.717, 1.165) is 16.6 Å². The van der Waals surface area contributed by atoms with Gasteiger partial charge in [0, 0.05) is 0 Å². The van der Waals surface area contributed by atoms with Crippen molar-refractivity contribution < 1.29 is 9.53 Å². The molecule has 3 rings (SSSR count). The fourth-order valence-corrected chi connectivity index (χ4v) is 3.72. The van der Waals surface area contributed by atoms with Crippen LogP contribution in [0, 0.1) is 0 Å². The van der Waals surface area contributed by atoms with E-state index in [2.05, 4.69) is 34.7 Å². The van der Waals surface area contributed by atoms with Crippen LogP contribution < -0.4 is 15.4 Å². The normalized spacial score (nSPS) is 10.6. The third-order valence-corrected chi connectivity index (χ3v) is 5.00. The van der Waals surface area contributed by atoms with Gasteiger partial charge in [-0.25, -0.2) is 4.98 Å². The molecule has 0 radical (unpaired) electrons. The number of aromatic nitrogens is 1. The van der Waals surface area contributed by atoms with Gasteiger partial charge in [0.1, 0.15) is 5.75 Å². The molecule has 0 aliphatic rings. The Hall–Kier alpha value is -2.51. The molecule has 140 valence electrons. The maximum Gasteiger partial charge on any atom is 0.264 e. The average molecular weight is 400 g/mol. The second-order valence-electron chi connectivity index (χ2n) is 6.03. The number of para-hydroxylation sites is 1. The Morgan fingerprint density at radius 2 is 2.04 bits per heavy atom. The lowest BCUT2D eigenvalue weighted by atomic mass is 10.1. The standard InChI is InChI=1S/C20H21N3O2S2/c1-2-3-7-14-10-11-16-17(12-14)27-20(21-16)23-19(26)22-18(24)13-25-15-8-5-4-6-9-15/h4-6,8-12H,2-3,7,13H2,1H3,(H2,21,22,23,24,26). The zero-order valence-electron chi connectivity index (χ0n) is 15.0. The van der Waals surface area contributed by atoms with Crippen molar-refractivity contribution in [2.24, 2.45) is 0 Å². The number of nitrogens with zero attached hydrogens (tertiary/aromatic N) is 1. The number of ether oxygens (including phenoxy) is 1. The van der Waals surface area contributed by atoms with Crippen molar-refractivity contribution in [2.45, 2.75) is 26.2 Å². The number of nitrogens with one attached hydrogen (secondary N) is 2. The maximum absolute atomic E-state index is 12.0. The van der Waals surface area contributed by atoms with Crippen molar-refractivity contribution in [3.8, 4) is 5.75 Å². The summed E-state index contributed by atoms with van der Waals surface area (Å²) in [7, 11) is 0. The van der Waals surface area contributed by atoms with Crippen molar-refractivity contribution in [1.82, 2.24) is 10.3 Å². The van der Waals surface area contributed by atoms with Crippen molar-refractivity contribution in [3.05, 3.63) is 54.1 Å². The van der Waals surface area contributed by atoms with Crippen LogP contribution in [0.4, 0.5) is 5.13 Å². The van der Waals surface area contributed by atoms with Gasteiger partial charge >= 0.3 is 0 Å². The summed E-state index contributed by atoms with van der Waals surface area (Å²) in [5.41, 5.74) is 2.23. The van der Waals surface area contributed by atoms with E-state index in [1.165, 1.54) is 29.7 Å². The topological polar surface area (TPSA) is 63.2 Å². The zero-order chi connectivity index (χ0) is 19.1. The first-order chi connectivity index (χ1) is 13.1. The second-order valence-corrected chi connectivity index (χ2v) is 7.47. The molecule has 0 bridgehead atoms. The van der Waals surface area contributed by atoms with Gasteiger partial charge in [0.15, 0.2) is 16.9 Å². The van der Waals surface area contributed by atoms with E-state index in [1.54, 1.807) is 12.1 Å². The molecule has 2 aromatic carbocycles. The largest absolute Gasteiger partial charge is 0.484 e. The smallest absolute Gasteiger partial charge is 0.264 e. The molecule has 2 N–H and O–H groups in total. The molecule has 0 saturated heterocycles. The van der Waals surface area contributed by atoms with Gasteiger partial charge in [0.05, 0.1) is 10.2 Å². The van der Waals surface area contributed by atoms with E-state index >= 15 is 0 Å². The molecule has 3 aromatic rings. The van der Waals surface area contributed by atoms with Gasteiger partial charge in [-0.15, -0.1) is 0 Å². The van der Waals surface area contributed by atoms with Gasteiger partial charge in [0.25, 0.3) is 5.91 Å². The summed E-state index contributed by atoms with van der Waals surface area (Å²) in [4.78, 5) is 16.5. The number of amides is 1. The van der Waals surface area contributed by atoms with E-state index in [9.17, 15) is 4.79 Å². The summed E-state index contributed by atoms with van der Waals surface area (Å²) >= 11 is 6.72. The molecule has 0 saturated carbocycles. The van der Waals surface area contributed by atoms with Crippen LogP contribution >= 0.6 is 23.6 Å². The van der Waals surface area contributed by atoms with Gasteiger partial charge in [-0.3, -0.25) is 10.1 Å². The predicted molar refractivity (Wildman–Crippen MR) is 115 cm³/mol. The maximum atomic E-state index is 12.0. The lowest BCUT2D eigenvalue weighted by Crippen LogP contribution is -2.37. The summed E-state index contributed by atoms with van der Waals surface area (Å²) < 4.78 is 6.50. The minimum Gasteiger partial charge on any atom is -0.484 e. The van der Waals surface area contributed by atoms with E-state index in [1.807, 2.05) is 24.3 Å². The number of thiocarbonyl (C=S) groups is 1. The first-order valence-electron chi connectivity index (χ1n) is 8.82. The minimum atomic E-state index is -0.320. The summed E-state index contributed by atoms with van der Waals surface area (Å²) in [6, 6.07) is 15.5. The molecular weight excluding hydrogens is 378 g/mol. The van der Waals surface area contributed by atoms with Crippen LogP contribution in [-0.2, 0) is 11.2 Å². The molecule has 0 fully saturated rings. The Kier molecular flexibility index (Phi) is 6.73. The van der Waals surface area contributed by atoms with E-state index in [0.29, 0.717) is 10.9 Å². The average Bonchev–Trinajstić information content (AvgIpc) is 3.06. The molecule has 0 aliphatic heterocycles. The Balaban J connectivity index is 1.53. The summed E-state index contributed by atoms with van der Waals surface area (Å²) in [5, 5.41) is 6.45. The molecule has 1 amide bonds. The van der Waals surface area contributed by atoms with Crippen molar-refractivity contribution in [2.75, 3.05) is 11.9 Å². The van der Waals surface area contributed by atoms with Gasteiger partial charge in [-0.1, -0.05) is 48.9 Å². The fourth-order valence-electron chi connectivity index (χ4n) is 2.52. The molecule has 5 nitrogen and oxygen atoms in total. The monoisotopic (exact) mass is 399 g/mol. The van der Waals surface area contributed by atoms with E-state index in [-0.39, 0.29) is 17.6 Å². The van der Waals surface area contributed by atoms with Crippen LogP contribution in [0.3, 0.4) is 0 Å². The third kappa shape index (κ3) is 5.74. The first kappa shape index (κ1) is 19.3. The highest BCUT2D eigenvalue weighted by Gasteiger charge is 2.09. The Morgan fingerprint density at radius 1 is 1.22 bits per heavy atom. The highest BCUT2D eigenvalue weighted by atomic mass is 32.1. The Morgan fingerprint density at radius 3 is 2.81 bits per heavy atom. The third-order valence-electron chi connectivity index (χ3n) is 3.86. The van der Waals surface area contributed by atoms with Crippen molar-refractivity contribution in [3.63, 3.8) is 0 Å². The first-order valence-corrected chi connectivity index (χ1v) is 10.0. The number of aryl methyl sites for hydroxylation is 1. The number of thiazole rings is 1. The number of carbonyl (C=O) groups excluding carboxylic acids is 1. The SMILES string of the molecule is CCCCc1ccc2nc(NC(=S)NC(=O)COc3ccccc3)sc2c1. The predicted octanol–water partition coefficient (Wildman–Crippen LogP) is 4.53. The van der Waals surface area contributed by atoms with Crippen molar-refractivity contribution in [1.29, 1.82) is 0 Å². The van der Waals surface area contributed by atoms with Gasteiger partial charge < -0.3 is 10.1 Å². The number of carbonyl (C=O) groups is 1. The molecule has 0 atom stereocenters. The van der Waals surface area contributed by atoms with Crippen LogP contribution in [0.15, 0.2) is 48.5 Å². The van der Waals surface area contributed by atoms with Gasteiger partial charge in [0.2, 0.25) is 0 Å². The molecule has 0 unspecified atom stereocenters. The van der Waals surface area contributed by atoms with Crippen LogP contribution in [0.1, 0.15) is 25.3 Å². The molecule has 1 heterocycles. The molecular formula is C20H21N3O2S2. The summed E-state index contributed by atoms with van der Waals surface area (Å²) in [5.74, 6) is 0.316. The molecule has 7 heteroatoms. The number of benzene rings is 2. The van der Waals surface area contributed by atoms with Crippen LogP contribution in [0.5, 0.6) is 5.75 Å². The van der Waals surface area contributed by atoms with Crippen molar-refractivity contribution >= 4 is 49.9 Å². The lowest BCUT2D eigenvalue weighted by Gasteiger charge is -2.08. The number of rotatable bonds is 7. The minimum absolute atomic E-state index is 0.105. The summed E-state index contributed by atoms with van der Waals surface area (Å²) in [6.07, 6.45) is 3.43. The highest BCUT2D eigenvalue weighted by molar-refractivity contribution is 7.80. The Labute approximate surface area is 167 Å². The molecule has 27 heavy (non-hydrogen) atoms. The van der Waals surface area contributed by atoms with E-state index in [4.69, 9.17) is 17.0 Å². The van der Waals surface area contributed by atoms with Crippen LogP contribution in [0.2, 0.25) is 0 Å². The number of unbranched alkanes of at least 4 members (excludes halogenated alkanes) is 1. The summed E-state index contributed by atoms with van der Waals surface area (Å²) in [6.45, 7) is 2.08. The van der Waals surface area contributed by atoms with Gasteiger partial charge in [-0.05, 0) is 54.9 Å². The zero-order valence-corrected chi connectivity index (χ0v) is 16.7.